The molecule has 2 fully saturated rings. The summed E-state index contributed by atoms with van der Waals surface area (Å²) in [6.45, 7) is 0.640. The number of benzene rings is 2. The minimum atomic E-state index is -4.50. The van der Waals surface area contributed by atoms with Gasteiger partial charge in [0, 0.05) is 5.56 Å². The lowest BCUT2D eigenvalue weighted by Crippen LogP contribution is -2.69. The molecule has 2 saturated heterocycles. The third kappa shape index (κ3) is 3.47. The van der Waals surface area contributed by atoms with Gasteiger partial charge in [-0.25, -0.2) is 0 Å². The summed E-state index contributed by atoms with van der Waals surface area (Å²) in [5.74, 6) is 0. The quantitative estimate of drug-likeness (QED) is 0.420. The van der Waals surface area contributed by atoms with E-state index in [-0.39, 0.29) is 12.6 Å². The first-order valence-electron chi connectivity index (χ1n) is 9.53. The van der Waals surface area contributed by atoms with E-state index in [0.29, 0.717) is 24.1 Å². The highest BCUT2D eigenvalue weighted by Crippen LogP contribution is 2.53. The number of hydrogen-bond donors (Lipinski definition) is 0. The van der Waals surface area contributed by atoms with E-state index in [4.69, 9.17) is 0 Å². The number of fused-ring (bicyclic) bond motifs is 1. The van der Waals surface area contributed by atoms with Gasteiger partial charge in [0.15, 0.2) is 6.04 Å². The van der Waals surface area contributed by atoms with Crippen LogP contribution in [0.5, 0.6) is 0 Å². The molecule has 30 heavy (non-hydrogen) atoms. The Kier molecular flexibility index (Phi) is 4.89. The summed E-state index contributed by atoms with van der Waals surface area (Å²) in [4.78, 5) is 1.88. The SMILES string of the molecule is CN1CC2CC[N+]2(F)C(c2ccc(C(F)(F)F)cc2)C1c1ccc(C(F)(F)F)cc1. The topological polar surface area (TPSA) is 3.24 Å². The van der Waals surface area contributed by atoms with Crippen molar-refractivity contribution in [1.82, 2.24) is 4.90 Å². The van der Waals surface area contributed by atoms with Crippen LogP contribution in [-0.2, 0) is 12.4 Å². The monoisotopic (exact) mass is 433 g/mol. The summed E-state index contributed by atoms with van der Waals surface area (Å²) >= 11 is 0. The van der Waals surface area contributed by atoms with E-state index in [0.717, 1.165) is 24.3 Å². The first-order valence-corrected chi connectivity index (χ1v) is 9.53. The van der Waals surface area contributed by atoms with Crippen molar-refractivity contribution in [2.45, 2.75) is 36.9 Å². The second kappa shape index (κ2) is 6.95. The van der Waals surface area contributed by atoms with Gasteiger partial charge >= 0.3 is 12.4 Å². The molecule has 0 N–H and O–H groups in total. The molecule has 2 heterocycles. The number of hydrogen-bond acceptors (Lipinski definition) is 1. The number of alkyl halides is 6. The van der Waals surface area contributed by atoms with Crippen LogP contribution in [0.2, 0.25) is 0 Å². The van der Waals surface area contributed by atoms with E-state index in [1.165, 1.54) is 24.3 Å². The van der Waals surface area contributed by atoms with Crippen LogP contribution in [-0.4, -0.2) is 35.8 Å². The zero-order chi connectivity index (χ0) is 21.9. The number of nitrogens with zero attached hydrogens (tertiary/aromatic N) is 2. The van der Waals surface area contributed by atoms with Crippen LogP contribution in [0, 0.1) is 0 Å². The molecule has 4 unspecified atom stereocenters. The molecular weight excluding hydrogens is 413 g/mol. The highest BCUT2D eigenvalue weighted by molar-refractivity contribution is 5.33. The first kappa shape index (κ1) is 21.1. The molecule has 2 aliphatic heterocycles. The zero-order valence-electron chi connectivity index (χ0n) is 16.0. The standard InChI is InChI=1S/C21H20F7N2/c1-29-12-17-10-11-30(17,28)19(14-4-8-16(9-5-14)21(25,26)27)18(29)13-2-6-15(7-3-13)20(22,23)24/h2-9,17-19H,10-12H2,1H3/q+1. The predicted octanol–water partition coefficient (Wildman–Crippen LogP) is 5.93. The summed E-state index contributed by atoms with van der Waals surface area (Å²) < 4.78 is 92.7. The lowest BCUT2D eigenvalue weighted by atomic mass is 9.82. The Morgan fingerprint density at radius 2 is 1.27 bits per heavy atom. The molecular formula is C21H20F7N2+. The lowest BCUT2D eigenvalue weighted by molar-refractivity contribution is -1.14. The first-order chi connectivity index (χ1) is 13.9. The molecule has 0 saturated carbocycles. The second-order valence-electron chi connectivity index (χ2n) is 8.06. The number of piperazine rings is 1. The van der Waals surface area contributed by atoms with Crippen LogP contribution in [0.4, 0.5) is 30.8 Å². The Hall–Kier alpha value is -2.13. The Bertz CT molecular complexity index is 905. The molecule has 0 amide bonds. The van der Waals surface area contributed by atoms with Crippen molar-refractivity contribution in [3.8, 4) is 0 Å². The molecule has 4 atom stereocenters. The van der Waals surface area contributed by atoms with Gasteiger partial charge in [-0.05, 0) is 41.4 Å². The molecule has 162 valence electrons. The fourth-order valence-corrected chi connectivity index (χ4v) is 4.68. The van der Waals surface area contributed by atoms with Gasteiger partial charge < -0.3 is 0 Å². The van der Waals surface area contributed by atoms with E-state index in [2.05, 4.69) is 0 Å². The molecule has 0 spiro atoms. The number of quaternary nitrogens is 1. The molecule has 0 aromatic heterocycles. The van der Waals surface area contributed by atoms with Crippen LogP contribution in [0.1, 0.15) is 40.8 Å². The summed E-state index contributed by atoms with van der Waals surface area (Å²) in [5, 5.41) is 0. The number of halogens is 7. The van der Waals surface area contributed by atoms with Crippen molar-refractivity contribution in [3.63, 3.8) is 0 Å². The molecule has 4 rings (SSSR count). The largest absolute Gasteiger partial charge is 0.416 e. The number of likely N-dealkylation sites (N-methyl/N-ethyl adjacent to an activating group) is 1. The van der Waals surface area contributed by atoms with E-state index >= 15 is 4.48 Å². The lowest BCUT2D eigenvalue weighted by Gasteiger charge is -2.56. The fraction of sp³-hybridized carbons (Fsp3) is 0.429. The third-order valence-corrected chi connectivity index (χ3v) is 6.31. The molecule has 0 bridgehead atoms. The maximum absolute atomic E-state index is 15.9. The van der Waals surface area contributed by atoms with E-state index in [9.17, 15) is 26.3 Å². The smallest absolute Gasteiger partial charge is 0.288 e. The van der Waals surface area contributed by atoms with Crippen molar-refractivity contribution in [3.05, 3.63) is 70.8 Å². The third-order valence-electron chi connectivity index (χ3n) is 6.31. The summed E-state index contributed by atoms with van der Waals surface area (Å²) in [5.41, 5.74) is -0.739. The molecule has 2 aromatic rings. The van der Waals surface area contributed by atoms with Gasteiger partial charge in [-0.1, -0.05) is 24.3 Å². The van der Waals surface area contributed by atoms with Crippen molar-refractivity contribution in [2.75, 3.05) is 20.1 Å². The molecule has 2 aliphatic rings. The summed E-state index contributed by atoms with van der Waals surface area (Å²) in [7, 11) is 1.77. The van der Waals surface area contributed by atoms with Crippen molar-refractivity contribution < 1.29 is 35.5 Å². The fourth-order valence-electron chi connectivity index (χ4n) is 4.68. The van der Waals surface area contributed by atoms with Gasteiger partial charge in [-0.3, -0.25) is 4.90 Å². The number of rotatable bonds is 2. The minimum absolute atomic E-state index is 0.224. The molecule has 2 aromatic carbocycles. The molecule has 0 aliphatic carbocycles. The van der Waals surface area contributed by atoms with Gasteiger partial charge in [-0.15, -0.1) is 4.71 Å². The Balaban J connectivity index is 1.75. The van der Waals surface area contributed by atoms with Crippen LogP contribution in [0.25, 0.3) is 0 Å². The second-order valence-corrected chi connectivity index (χ2v) is 8.06. The van der Waals surface area contributed by atoms with Gasteiger partial charge in [0.05, 0.1) is 30.1 Å². The van der Waals surface area contributed by atoms with Crippen molar-refractivity contribution in [1.29, 1.82) is 0 Å². The normalized spacial score (nSPS) is 29.9. The van der Waals surface area contributed by atoms with Gasteiger partial charge in [-0.2, -0.15) is 26.3 Å². The Labute approximate surface area is 169 Å². The van der Waals surface area contributed by atoms with E-state index < -0.39 is 40.3 Å². The Morgan fingerprint density at radius 3 is 1.67 bits per heavy atom. The van der Waals surface area contributed by atoms with Gasteiger partial charge in [0.25, 0.3) is 0 Å². The highest BCUT2D eigenvalue weighted by Gasteiger charge is 2.62. The molecule has 9 heteroatoms. The van der Waals surface area contributed by atoms with Gasteiger partial charge in [0.2, 0.25) is 0 Å². The van der Waals surface area contributed by atoms with Crippen molar-refractivity contribution in [2.24, 2.45) is 0 Å². The van der Waals surface area contributed by atoms with E-state index in [1.807, 2.05) is 4.90 Å². The molecule has 2 nitrogen and oxygen atoms in total. The summed E-state index contributed by atoms with van der Waals surface area (Å²) in [6.07, 6.45) is -8.34. The Morgan fingerprint density at radius 1 is 0.800 bits per heavy atom. The zero-order valence-corrected chi connectivity index (χ0v) is 16.0. The van der Waals surface area contributed by atoms with Crippen LogP contribution in [0.15, 0.2) is 48.5 Å². The highest BCUT2D eigenvalue weighted by atomic mass is 19.4. The van der Waals surface area contributed by atoms with Crippen LogP contribution >= 0.6 is 0 Å². The van der Waals surface area contributed by atoms with Crippen LogP contribution in [0.3, 0.4) is 0 Å². The maximum Gasteiger partial charge on any atom is 0.416 e. The average molecular weight is 433 g/mol. The summed E-state index contributed by atoms with van der Waals surface area (Å²) in [6, 6.07) is 7.22. The molecule has 0 radical (unpaired) electrons. The maximum atomic E-state index is 15.9. The predicted molar refractivity (Wildman–Crippen MR) is 95.6 cm³/mol. The van der Waals surface area contributed by atoms with Gasteiger partial charge in [0.1, 0.15) is 12.6 Å². The minimum Gasteiger partial charge on any atom is -0.288 e. The van der Waals surface area contributed by atoms with Crippen LogP contribution < -0.4 is 0 Å². The average Bonchev–Trinajstić information content (AvgIpc) is 2.67. The van der Waals surface area contributed by atoms with E-state index in [1.54, 1.807) is 7.05 Å². The van der Waals surface area contributed by atoms with Crippen molar-refractivity contribution >= 4 is 0 Å².